The van der Waals surface area contributed by atoms with E-state index in [2.05, 4.69) is 35.2 Å². The summed E-state index contributed by atoms with van der Waals surface area (Å²) in [7, 11) is 0. The number of hydrogen-bond acceptors (Lipinski definition) is 4. The van der Waals surface area contributed by atoms with Crippen molar-refractivity contribution in [3.05, 3.63) is 23.3 Å². The number of aryl methyl sites for hydroxylation is 1. The van der Waals surface area contributed by atoms with Gasteiger partial charge in [-0.25, -0.2) is 9.97 Å². The molecule has 4 nitrogen and oxygen atoms in total. The van der Waals surface area contributed by atoms with E-state index in [1.165, 1.54) is 0 Å². The standard InChI is InChI=1S/C13H21N3O/c1-9(2)6-11-7-10(3)15-13(16-11)12-8-17-5-4-14-12/h7,9,12,14H,4-6,8H2,1-3H3. The third-order valence-electron chi connectivity index (χ3n) is 2.78. The van der Waals surface area contributed by atoms with Crippen molar-refractivity contribution in [3.63, 3.8) is 0 Å². The zero-order valence-electron chi connectivity index (χ0n) is 10.9. The highest BCUT2D eigenvalue weighted by Crippen LogP contribution is 2.14. The molecule has 17 heavy (non-hydrogen) atoms. The van der Waals surface area contributed by atoms with Crippen LogP contribution in [0.5, 0.6) is 0 Å². The van der Waals surface area contributed by atoms with Gasteiger partial charge in [0.15, 0.2) is 0 Å². The van der Waals surface area contributed by atoms with Gasteiger partial charge in [0.2, 0.25) is 0 Å². The first-order valence-electron chi connectivity index (χ1n) is 6.30. The summed E-state index contributed by atoms with van der Waals surface area (Å²) in [6.07, 6.45) is 1.00. The predicted octanol–water partition coefficient (Wildman–Crippen LogP) is 1.64. The van der Waals surface area contributed by atoms with Crippen LogP contribution in [0.3, 0.4) is 0 Å². The zero-order chi connectivity index (χ0) is 12.3. The number of ether oxygens (including phenoxy) is 1. The Morgan fingerprint density at radius 2 is 2.29 bits per heavy atom. The second kappa shape index (κ2) is 5.56. The van der Waals surface area contributed by atoms with Crippen LogP contribution in [-0.4, -0.2) is 29.7 Å². The first kappa shape index (κ1) is 12.5. The molecule has 1 aliphatic heterocycles. The Hall–Kier alpha value is -1.00. The molecule has 2 rings (SSSR count). The molecule has 1 aromatic rings. The van der Waals surface area contributed by atoms with E-state index in [0.717, 1.165) is 36.8 Å². The van der Waals surface area contributed by atoms with Gasteiger partial charge in [0.1, 0.15) is 5.82 Å². The summed E-state index contributed by atoms with van der Waals surface area (Å²) in [5, 5.41) is 3.39. The van der Waals surface area contributed by atoms with E-state index < -0.39 is 0 Å². The fraction of sp³-hybridized carbons (Fsp3) is 0.692. The van der Waals surface area contributed by atoms with Crippen LogP contribution in [0, 0.1) is 12.8 Å². The maximum Gasteiger partial charge on any atom is 0.148 e. The van der Waals surface area contributed by atoms with Crippen molar-refractivity contribution < 1.29 is 4.74 Å². The summed E-state index contributed by atoms with van der Waals surface area (Å²) in [6, 6.07) is 2.22. The van der Waals surface area contributed by atoms with Crippen LogP contribution in [0.2, 0.25) is 0 Å². The van der Waals surface area contributed by atoms with Crippen molar-refractivity contribution in [2.24, 2.45) is 5.92 Å². The molecule has 0 amide bonds. The monoisotopic (exact) mass is 235 g/mol. The number of morpholine rings is 1. The molecule has 1 unspecified atom stereocenters. The Kier molecular flexibility index (Phi) is 4.07. The SMILES string of the molecule is Cc1cc(CC(C)C)nc(C2COCCN2)n1. The van der Waals surface area contributed by atoms with Crippen LogP contribution in [0.15, 0.2) is 6.07 Å². The second-order valence-electron chi connectivity index (χ2n) is 5.04. The van der Waals surface area contributed by atoms with Crippen LogP contribution in [-0.2, 0) is 11.2 Å². The minimum absolute atomic E-state index is 0.148. The highest BCUT2D eigenvalue weighted by atomic mass is 16.5. The van der Waals surface area contributed by atoms with E-state index >= 15 is 0 Å². The van der Waals surface area contributed by atoms with Gasteiger partial charge in [-0.3, -0.25) is 0 Å². The molecule has 0 radical (unpaired) electrons. The van der Waals surface area contributed by atoms with Gasteiger partial charge < -0.3 is 10.1 Å². The summed E-state index contributed by atoms with van der Waals surface area (Å²) in [5.41, 5.74) is 2.17. The number of hydrogen-bond donors (Lipinski definition) is 1. The molecule has 1 saturated heterocycles. The molecule has 4 heteroatoms. The van der Waals surface area contributed by atoms with Gasteiger partial charge >= 0.3 is 0 Å². The molecule has 0 spiro atoms. The summed E-state index contributed by atoms with van der Waals surface area (Å²) < 4.78 is 5.45. The van der Waals surface area contributed by atoms with E-state index in [9.17, 15) is 0 Å². The highest BCUT2D eigenvalue weighted by Gasteiger charge is 2.18. The molecule has 1 aliphatic rings. The smallest absolute Gasteiger partial charge is 0.148 e. The Labute approximate surface area is 103 Å². The third kappa shape index (κ3) is 3.48. The number of nitrogens with one attached hydrogen (secondary N) is 1. The quantitative estimate of drug-likeness (QED) is 0.865. The minimum Gasteiger partial charge on any atom is -0.378 e. The van der Waals surface area contributed by atoms with Crippen molar-refractivity contribution in [1.29, 1.82) is 0 Å². The average Bonchev–Trinajstić information content (AvgIpc) is 2.28. The normalized spacial score (nSPS) is 20.8. The molecule has 0 bridgehead atoms. The van der Waals surface area contributed by atoms with Gasteiger partial charge in [0.25, 0.3) is 0 Å². The maximum absolute atomic E-state index is 5.45. The Morgan fingerprint density at radius 1 is 1.47 bits per heavy atom. The van der Waals surface area contributed by atoms with Crippen LogP contribution >= 0.6 is 0 Å². The molecule has 94 valence electrons. The maximum atomic E-state index is 5.45. The van der Waals surface area contributed by atoms with Crippen molar-refractivity contribution in [2.45, 2.75) is 33.2 Å². The van der Waals surface area contributed by atoms with Gasteiger partial charge in [0.05, 0.1) is 19.3 Å². The van der Waals surface area contributed by atoms with Gasteiger partial charge in [-0.05, 0) is 25.3 Å². The van der Waals surface area contributed by atoms with Crippen molar-refractivity contribution in [2.75, 3.05) is 19.8 Å². The van der Waals surface area contributed by atoms with E-state index in [4.69, 9.17) is 4.74 Å². The van der Waals surface area contributed by atoms with Crippen LogP contribution in [0.25, 0.3) is 0 Å². The number of rotatable bonds is 3. The Balaban J connectivity index is 2.18. The molecule has 1 atom stereocenters. The summed E-state index contributed by atoms with van der Waals surface area (Å²) >= 11 is 0. The fourth-order valence-corrected chi connectivity index (χ4v) is 2.07. The third-order valence-corrected chi connectivity index (χ3v) is 2.78. The highest BCUT2D eigenvalue weighted by molar-refractivity contribution is 5.13. The second-order valence-corrected chi connectivity index (χ2v) is 5.04. The van der Waals surface area contributed by atoms with Gasteiger partial charge in [-0.15, -0.1) is 0 Å². The molecule has 0 aliphatic carbocycles. The minimum atomic E-state index is 0.148. The number of aromatic nitrogens is 2. The molecule has 0 saturated carbocycles. The van der Waals surface area contributed by atoms with Crippen molar-refractivity contribution in [3.8, 4) is 0 Å². The fourth-order valence-electron chi connectivity index (χ4n) is 2.07. The largest absolute Gasteiger partial charge is 0.378 e. The molecule has 2 heterocycles. The average molecular weight is 235 g/mol. The zero-order valence-corrected chi connectivity index (χ0v) is 10.9. The summed E-state index contributed by atoms with van der Waals surface area (Å²) in [4.78, 5) is 9.15. The molecule has 1 fully saturated rings. The van der Waals surface area contributed by atoms with Crippen LogP contribution in [0.4, 0.5) is 0 Å². The first-order valence-corrected chi connectivity index (χ1v) is 6.30. The predicted molar refractivity (Wildman–Crippen MR) is 66.9 cm³/mol. The lowest BCUT2D eigenvalue weighted by atomic mass is 10.1. The topological polar surface area (TPSA) is 47.0 Å². The molecule has 0 aromatic carbocycles. The van der Waals surface area contributed by atoms with Gasteiger partial charge in [0, 0.05) is 17.9 Å². The van der Waals surface area contributed by atoms with Crippen LogP contribution in [0.1, 0.15) is 37.1 Å². The lowest BCUT2D eigenvalue weighted by Gasteiger charge is -2.23. The van der Waals surface area contributed by atoms with Crippen molar-refractivity contribution in [1.82, 2.24) is 15.3 Å². The van der Waals surface area contributed by atoms with Gasteiger partial charge in [-0.1, -0.05) is 13.8 Å². The molecular formula is C13H21N3O. The molecular weight excluding hydrogens is 214 g/mol. The van der Waals surface area contributed by atoms with E-state index in [1.807, 2.05) is 6.92 Å². The lowest BCUT2D eigenvalue weighted by molar-refractivity contribution is 0.0741. The number of nitrogens with zero attached hydrogens (tertiary/aromatic N) is 2. The summed E-state index contributed by atoms with van der Waals surface area (Å²) in [6.45, 7) is 8.77. The van der Waals surface area contributed by atoms with E-state index in [1.54, 1.807) is 0 Å². The Bertz CT molecular complexity index is 373. The van der Waals surface area contributed by atoms with E-state index in [-0.39, 0.29) is 6.04 Å². The van der Waals surface area contributed by atoms with Crippen LogP contribution < -0.4 is 5.32 Å². The van der Waals surface area contributed by atoms with Crippen molar-refractivity contribution >= 4 is 0 Å². The molecule has 1 N–H and O–H groups in total. The van der Waals surface area contributed by atoms with Gasteiger partial charge in [-0.2, -0.15) is 0 Å². The summed E-state index contributed by atoms with van der Waals surface area (Å²) in [5.74, 6) is 1.49. The molecule has 1 aromatic heterocycles. The lowest BCUT2D eigenvalue weighted by Crippen LogP contribution is -2.36. The van der Waals surface area contributed by atoms with E-state index in [0.29, 0.717) is 12.5 Å². The first-order chi connectivity index (χ1) is 8.15. The Morgan fingerprint density at radius 3 is 2.94 bits per heavy atom.